The fourth-order valence-corrected chi connectivity index (χ4v) is 3.33. The molecule has 2 heterocycles. The largest absolute Gasteiger partial charge is 0.314 e. The summed E-state index contributed by atoms with van der Waals surface area (Å²) in [6.45, 7) is 5.83. The first-order valence-corrected chi connectivity index (χ1v) is 7.90. The SMILES string of the molecule is CCn1c(C)nnc1CN[C@@H]1CCCC[C@@H]1n1cccn1. The fraction of sp³-hybridized carbons (Fsp3) is 0.667. The van der Waals surface area contributed by atoms with Crippen LogP contribution in [-0.4, -0.2) is 30.6 Å². The van der Waals surface area contributed by atoms with Crippen molar-refractivity contribution in [2.24, 2.45) is 0 Å². The van der Waals surface area contributed by atoms with Crippen LogP contribution < -0.4 is 5.32 Å². The molecule has 0 aromatic carbocycles. The summed E-state index contributed by atoms with van der Waals surface area (Å²) >= 11 is 0. The second kappa shape index (κ2) is 6.39. The average molecular weight is 288 g/mol. The molecule has 2 aromatic rings. The summed E-state index contributed by atoms with van der Waals surface area (Å²) < 4.78 is 4.27. The van der Waals surface area contributed by atoms with Gasteiger partial charge in [0, 0.05) is 25.0 Å². The quantitative estimate of drug-likeness (QED) is 0.915. The summed E-state index contributed by atoms with van der Waals surface area (Å²) in [6.07, 6.45) is 8.90. The average Bonchev–Trinajstić information content (AvgIpc) is 3.15. The van der Waals surface area contributed by atoms with Gasteiger partial charge in [-0.05, 0) is 32.8 Å². The Morgan fingerprint density at radius 3 is 2.90 bits per heavy atom. The summed E-state index contributed by atoms with van der Waals surface area (Å²) in [7, 11) is 0. The van der Waals surface area contributed by atoms with E-state index in [9.17, 15) is 0 Å². The van der Waals surface area contributed by atoms with E-state index in [1.165, 1.54) is 25.7 Å². The summed E-state index contributed by atoms with van der Waals surface area (Å²) in [5.41, 5.74) is 0. The summed E-state index contributed by atoms with van der Waals surface area (Å²) in [5, 5.41) is 16.6. The summed E-state index contributed by atoms with van der Waals surface area (Å²) in [4.78, 5) is 0. The Hall–Kier alpha value is -1.69. The third-order valence-electron chi connectivity index (χ3n) is 4.45. The predicted molar refractivity (Wildman–Crippen MR) is 80.8 cm³/mol. The van der Waals surface area contributed by atoms with Gasteiger partial charge in [-0.25, -0.2) is 0 Å². The van der Waals surface area contributed by atoms with Crippen molar-refractivity contribution >= 4 is 0 Å². The van der Waals surface area contributed by atoms with Crippen LogP contribution in [0.15, 0.2) is 18.5 Å². The molecule has 6 nitrogen and oxygen atoms in total. The molecule has 1 aliphatic rings. The molecule has 0 bridgehead atoms. The van der Waals surface area contributed by atoms with Gasteiger partial charge in [-0.2, -0.15) is 5.10 Å². The van der Waals surface area contributed by atoms with Gasteiger partial charge in [0.15, 0.2) is 0 Å². The minimum absolute atomic E-state index is 0.452. The number of nitrogens with zero attached hydrogens (tertiary/aromatic N) is 5. The van der Waals surface area contributed by atoms with Gasteiger partial charge in [-0.3, -0.25) is 4.68 Å². The minimum Gasteiger partial charge on any atom is -0.314 e. The Labute approximate surface area is 125 Å². The predicted octanol–water partition coefficient (Wildman–Crippen LogP) is 2.08. The van der Waals surface area contributed by atoms with Crippen LogP contribution in [-0.2, 0) is 13.1 Å². The van der Waals surface area contributed by atoms with Crippen LogP contribution in [0.4, 0.5) is 0 Å². The molecule has 1 aliphatic carbocycles. The number of aromatic nitrogens is 5. The maximum atomic E-state index is 4.43. The van der Waals surface area contributed by atoms with Crippen LogP contribution in [0.3, 0.4) is 0 Å². The van der Waals surface area contributed by atoms with Crippen molar-refractivity contribution in [3.8, 4) is 0 Å². The van der Waals surface area contributed by atoms with Crippen LogP contribution in [0.25, 0.3) is 0 Å². The van der Waals surface area contributed by atoms with E-state index in [0.717, 1.165) is 24.7 Å². The normalized spacial score (nSPS) is 22.6. The molecule has 0 amide bonds. The van der Waals surface area contributed by atoms with E-state index in [4.69, 9.17) is 0 Å². The van der Waals surface area contributed by atoms with E-state index >= 15 is 0 Å². The maximum Gasteiger partial charge on any atom is 0.146 e. The van der Waals surface area contributed by atoms with Crippen LogP contribution in [0.2, 0.25) is 0 Å². The second-order valence-electron chi connectivity index (χ2n) is 5.73. The zero-order chi connectivity index (χ0) is 14.7. The van der Waals surface area contributed by atoms with E-state index in [-0.39, 0.29) is 0 Å². The molecule has 0 unspecified atom stereocenters. The molecular weight excluding hydrogens is 264 g/mol. The van der Waals surface area contributed by atoms with E-state index in [0.29, 0.717) is 12.1 Å². The number of rotatable bonds is 5. The van der Waals surface area contributed by atoms with E-state index in [1.54, 1.807) is 0 Å². The molecule has 0 saturated heterocycles. The zero-order valence-corrected chi connectivity index (χ0v) is 12.9. The smallest absolute Gasteiger partial charge is 0.146 e. The Kier molecular flexibility index (Phi) is 4.34. The van der Waals surface area contributed by atoms with Gasteiger partial charge in [0.2, 0.25) is 0 Å². The van der Waals surface area contributed by atoms with Gasteiger partial charge in [0.05, 0.1) is 12.6 Å². The van der Waals surface area contributed by atoms with E-state index in [2.05, 4.69) is 43.0 Å². The maximum absolute atomic E-state index is 4.43. The summed E-state index contributed by atoms with van der Waals surface area (Å²) in [5.74, 6) is 2.02. The van der Waals surface area contributed by atoms with Crippen LogP contribution in [0, 0.1) is 6.92 Å². The van der Waals surface area contributed by atoms with Crippen molar-refractivity contribution in [2.45, 2.75) is 64.7 Å². The van der Waals surface area contributed by atoms with Crippen molar-refractivity contribution < 1.29 is 0 Å². The molecular formula is C15H24N6. The highest BCUT2D eigenvalue weighted by Crippen LogP contribution is 2.28. The number of aryl methyl sites for hydroxylation is 1. The number of hydrogen-bond acceptors (Lipinski definition) is 4. The first-order valence-electron chi connectivity index (χ1n) is 7.90. The topological polar surface area (TPSA) is 60.6 Å². The van der Waals surface area contributed by atoms with Crippen molar-refractivity contribution in [1.82, 2.24) is 29.9 Å². The van der Waals surface area contributed by atoms with Gasteiger partial charge in [0.25, 0.3) is 0 Å². The molecule has 1 fully saturated rings. The molecule has 2 aromatic heterocycles. The van der Waals surface area contributed by atoms with Crippen molar-refractivity contribution in [1.29, 1.82) is 0 Å². The third kappa shape index (κ3) is 3.00. The van der Waals surface area contributed by atoms with Crippen molar-refractivity contribution in [2.75, 3.05) is 0 Å². The molecule has 0 aliphatic heterocycles. The first kappa shape index (κ1) is 14.3. The lowest BCUT2D eigenvalue weighted by Crippen LogP contribution is -2.40. The van der Waals surface area contributed by atoms with E-state index < -0.39 is 0 Å². The lowest BCUT2D eigenvalue weighted by atomic mass is 9.90. The first-order chi connectivity index (χ1) is 10.3. The standard InChI is InChI=1S/C15H24N6/c1-3-20-12(2)18-19-15(20)11-16-13-7-4-5-8-14(13)21-10-6-9-17-21/h6,9-10,13-14,16H,3-5,7-8,11H2,1-2H3/t13-,14+/m1/s1. The van der Waals surface area contributed by atoms with Crippen molar-refractivity contribution in [3.63, 3.8) is 0 Å². The monoisotopic (exact) mass is 288 g/mol. The molecule has 2 atom stereocenters. The lowest BCUT2D eigenvalue weighted by Gasteiger charge is -2.32. The molecule has 1 N–H and O–H groups in total. The van der Waals surface area contributed by atoms with Crippen molar-refractivity contribution in [3.05, 3.63) is 30.1 Å². The highest BCUT2D eigenvalue weighted by Gasteiger charge is 2.26. The van der Waals surface area contributed by atoms with Gasteiger partial charge < -0.3 is 9.88 Å². The zero-order valence-electron chi connectivity index (χ0n) is 12.9. The van der Waals surface area contributed by atoms with Gasteiger partial charge in [-0.15, -0.1) is 10.2 Å². The van der Waals surface area contributed by atoms with E-state index in [1.807, 2.05) is 19.2 Å². The highest BCUT2D eigenvalue weighted by molar-refractivity contribution is 4.95. The highest BCUT2D eigenvalue weighted by atomic mass is 15.3. The van der Waals surface area contributed by atoms with Gasteiger partial charge in [0.1, 0.15) is 11.6 Å². The number of nitrogens with one attached hydrogen (secondary N) is 1. The Bertz CT molecular complexity index is 559. The lowest BCUT2D eigenvalue weighted by molar-refractivity contribution is 0.243. The molecule has 0 spiro atoms. The van der Waals surface area contributed by atoms with Gasteiger partial charge in [-0.1, -0.05) is 12.8 Å². The minimum atomic E-state index is 0.452. The fourth-order valence-electron chi connectivity index (χ4n) is 3.33. The molecule has 114 valence electrons. The van der Waals surface area contributed by atoms with Crippen LogP contribution in [0.5, 0.6) is 0 Å². The third-order valence-corrected chi connectivity index (χ3v) is 4.45. The molecule has 1 saturated carbocycles. The molecule has 6 heteroatoms. The molecule has 0 radical (unpaired) electrons. The second-order valence-corrected chi connectivity index (χ2v) is 5.73. The Morgan fingerprint density at radius 1 is 1.29 bits per heavy atom. The van der Waals surface area contributed by atoms with Crippen LogP contribution >= 0.6 is 0 Å². The van der Waals surface area contributed by atoms with Gasteiger partial charge >= 0.3 is 0 Å². The Balaban J connectivity index is 1.67. The Morgan fingerprint density at radius 2 is 2.14 bits per heavy atom. The molecule has 3 rings (SSSR count). The molecule has 21 heavy (non-hydrogen) atoms. The number of hydrogen-bond donors (Lipinski definition) is 1. The van der Waals surface area contributed by atoms with Crippen LogP contribution in [0.1, 0.15) is 50.3 Å². The summed E-state index contributed by atoms with van der Waals surface area (Å²) in [6, 6.07) is 2.91.